The smallest absolute Gasteiger partial charge is 0.187 e. The van der Waals surface area contributed by atoms with Crippen molar-refractivity contribution in [2.75, 3.05) is 12.2 Å². The molecule has 0 bridgehead atoms. The van der Waals surface area contributed by atoms with Crippen LogP contribution >= 0.6 is 24.2 Å². The maximum absolute atomic E-state index is 11.4. The minimum absolute atomic E-state index is 0.151. The molecule has 0 fully saturated rings. The Balaban J connectivity index is 3.22. The van der Waals surface area contributed by atoms with E-state index in [4.69, 9.17) is 16.3 Å². The van der Waals surface area contributed by atoms with Gasteiger partial charge in [-0.05, 0) is 18.2 Å². The predicted octanol–water partition coefficient (Wildman–Crippen LogP) is 2.01. The van der Waals surface area contributed by atoms with Crippen LogP contribution in [0.2, 0.25) is 5.02 Å². The van der Waals surface area contributed by atoms with Gasteiger partial charge in [0.2, 0.25) is 0 Å². The van der Waals surface area contributed by atoms with Crippen LogP contribution in [0.3, 0.4) is 0 Å². The van der Waals surface area contributed by atoms with E-state index in [0.29, 0.717) is 5.75 Å². The Morgan fingerprint density at radius 1 is 1.50 bits per heavy atom. The molecular formula is C8H9ClO3S2. The fraction of sp³-hybridized carbons (Fsp3) is 0.250. The van der Waals surface area contributed by atoms with Crippen LogP contribution in [0, 0.1) is 0 Å². The Hall–Kier alpha value is -0.390. The lowest BCUT2D eigenvalue weighted by Gasteiger charge is -2.05. The molecule has 0 aliphatic heterocycles. The molecule has 6 heteroatoms. The number of halogens is 1. The summed E-state index contributed by atoms with van der Waals surface area (Å²) in [7, 11) is -1.86. The highest BCUT2D eigenvalue weighted by Gasteiger charge is 2.13. The number of sulfone groups is 1. The number of thiol groups is 1. The number of hydrogen-bond donors (Lipinski definition) is 1. The van der Waals surface area contributed by atoms with E-state index in [-0.39, 0.29) is 15.0 Å². The molecule has 78 valence electrons. The summed E-state index contributed by atoms with van der Waals surface area (Å²) in [5.74, 6) is 0.449. The molecule has 0 unspecified atom stereocenters. The fourth-order valence-electron chi connectivity index (χ4n) is 0.915. The molecule has 0 aliphatic carbocycles. The fourth-order valence-corrected chi connectivity index (χ4v) is 2.41. The van der Waals surface area contributed by atoms with Gasteiger partial charge in [-0.1, -0.05) is 11.6 Å². The SMILES string of the molecule is COc1ccc(S(=O)(=O)CS)cc1Cl. The van der Waals surface area contributed by atoms with Crippen LogP contribution < -0.4 is 4.74 Å². The van der Waals surface area contributed by atoms with Gasteiger partial charge in [0, 0.05) is 0 Å². The third-order valence-corrected chi connectivity index (χ3v) is 4.28. The molecule has 0 radical (unpaired) electrons. The van der Waals surface area contributed by atoms with Crippen molar-refractivity contribution < 1.29 is 13.2 Å². The van der Waals surface area contributed by atoms with Crippen LogP contribution in [0.4, 0.5) is 0 Å². The van der Waals surface area contributed by atoms with Gasteiger partial charge >= 0.3 is 0 Å². The molecular weight excluding hydrogens is 244 g/mol. The second-order valence-electron chi connectivity index (χ2n) is 2.54. The second kappa shape index (κ2) is 4.42. The van der Waals surface area contributed by atoms with E-state index in [1.807, 2.05) is 0 Å². The van der Waals surface area contributed by atoms with Gasteiger partial charge in [-0.15, -0.1) is 0 Å². The maximum Gasteiger partial charge on any atom is 0.187 e. The van der Waals surface area contributed by atoms with Crippen LogP contribution in [-0.4, -0.2) is 20.6 Å². The summed E-state index contributed by atoms with van der Waals surface area (Å²) in [4.78, 5) is 0.151. The third kappa shape index (κ3) is 2.34. The van der Waals surface area contributed by atoms with Crippen LogP contribution in [-0.2, 0) is 9.84 Å². The van der Waals surface area contributed by atoms with Crippen molar-refractivity contribution in [2.45, 2.75) is 4.90 Å². The summed E-state index contributed by atoms with van der Waals surface area (Å²) in [6, 6.07) is 4.31. The third-order valence-electron chi connectivity index (χ3n) is 1.65. The largest absolute Gasteiger partial charge is 0.495 e. The molecule has 0 atom stereocenters. The van der Waals surface area contributed by atoms with Crippen LogP contribution in [0.5, 0.6) is 5.75 Å². The van der Waals surface area contributed by atoms with Gasteiger partial charge in [0.25, 0.3) is 0 Å². The van der Waals surface area contributed by atoms with Gasteiger partial charge in [0.15, 0.2) is 9.84 Å². The van der Waals surface area contributed by atoms with Crippen molar-refractivity contribution in [3.05, 3.63) is 23.2 Å². The Kier molecular flexibility index (Phi) is 3.69. The van der Waals surface area contributed by atoms with Crippen molar-refractivity contribution >= 4 is 34.1 Å². The number of ether oxygens (including phenoxy) is 1. The lowest BCUT2D eigenvalue weighted by Crippen LogP contribution is -2.02. The Bertz CT molecular complexity index is 428. The van der Waals surface area contributed by atoms with E-state index in [0.717, 1.165) is 0 Å². The first-order valence-electron chi connectivity index (χ1n) is 3.68. The normalized spacial score (nSPS) is 11.4. The van der Waals surface area contributed by atoms with Crippen LogP contribution in [0.15, 0.2) is 23.1 Å². The molecule has 0 aliphatic rings. The molecule has 1 rings (SSSR count). The van der Waals surface area contributed by atoms with Gasteiger partial charge in [-0.3, -0.25) is 0 Å². The van der Waals surface area contributed by atoms with Crippen LogP contribution in [0.25, 0.3) is 0 Å². The van der Waals surface area contributed by atoms with Crippen molar-refractivity contribution in [3.63, 3.8) is 0 Å². The van der Waals surface area contributed by atoms with Crippen molar-refractivity contribution in [3.8, 4) is 5.75 Å². The molecule has 0 amide bonds. The Morgan fingerprint density at radius 2 is 2.14 bits per heavy atom. The molecule has 1 aromatic rings. The molecule has 0 N–H and O–H groups in total. The lowest BCUT2D eigenvalue weighted by molar-refractivity contribution is 0.414. The van der Waals surface area contributed by atoms with E-state index in [1.54, 1.807) is 0 Å². The zero-order valence-corrected chi connectivity index (χ0v) is 9.86. The zero-order valence-electron chi connectivity index (χ0n) is 7.40. The average Bonchev–Trinajstić information content (AvgIpc) is 2.17. The van der Waals surface area contributed by atoms with Gasteiger partial charge in [-0.2, -0.15) is 12.6 Å². The first-order chi connectivity index (χ1) is 6.51. The summed E-state index contributed by atoms with van der Waals surface area (Å²) in [6.45, 7) is 0. The summed E-state index contributed by atoms with van der Waals surface area (Å²) in [5, 5.41) is 0.0331. The predicted molar refractivity (Wildman–Crippen MR) is 59.0 cm³/mol. The van der Waals surface area contributed by atoms with E-state index < -0.39 is 9.84 Å². The molecule has 0 heterocycles. The Labute approximate surface area is 93.4 Å². The van der Waals surface area contributed by atoms with Gasteiger partial charge in [0.1, 0.15) is 5.75 Å². The number of methoxy groups -OCH3 is 1. The van der Waals surface area contributed by atoms with Crippen LogP contribution in [0.1, 0.15) is 0 Å². The van der Waals surface area contributed by atoms with Gasteiger partial charge < -0.3 is 4.74 Å². The van der Waals surface area contributed by atoms with Crippen molar-refractivity contribution in [1.29, 1.82) is 0 Å². The number of rotatable bonds is 3. The molecule has 1 aromatic carbocycles. The zero-order chi connectivity index (χ0) is 10.8. The monoisotopic (exact) mass is 252 g/mol. The second-order valence-corrected chi connectivity index (χ2v) is 5.68. The lowest BCUT2D eigenvalue weighted by atomic mass is 10.3. The average molecular weight is 253 g/mol. The topological polar surface area (TPSA) is 43.4 Å². The van der Waals surface area contributed by atoms with Gasteiger partial charge in [0.05, 0.1) is 22.1 Å². The first-order valence-corrected chi connectivity index (χ1v) is 6.34. The molecule has 0 saturated carbocycles. The standard InChI is InChI=1S/C8H9ClO3S2/c1-12-8-3-2-6(4-7(8)9)14(10,11)5-13/h2-4,13H,5H2,1H3. The molecule has 3 nitrogen and oxygen atoms in total. The molecule has 0 aromatic heterocycles. The minimum Gasteiger partial charge on any atom is -0.495 e. The van der Waals surface area contributed by atoms with Crippen molar-refractivity contribution in [1.82, 2.24) is 0 Å². The number of hydrogen-bond acceptors (Lipinski definition) is 4. The summed E-state index contributed by atoms with van der Waals surface area (Å²) in [6.07, 6.45) is 0. The highest BCUT2D eigenvalue weighted by molar-refractivity contribution is 8.03. The minimum atomic E-state index is -3.32. The van der Waals surface area contributed by atoms with E-state index in [9.17, 15) is 8.42 Å². The van der Waals surface area contributed by atoms with E-state index in [2.05, 4.69) is 12.6 Å². The summed E-state index contributed by atoms with van der Waals surface area (Å²) < 4.78 is 27.7. The maximum atomic E-state index is 11.4. The Morgan fingerprint density at radius 3 is 2.57 bits per heavy atom. The van der Waals surface area contributed by atoms with E-state index in [1.165, 1.54) is 25.3 Å². The molecule has 14 heavy (non-hydrogen) atoms. The molecule has 0 saturated heterocycles. The first kappa shape index (κ1) is 11.7. The quantitative estimate of drug-likeness (QED) is 0.837. The summed E-state index contributed by atoms with van der Waals surface area (Å²) >= 11 is 9.51. The van der Waals surface area contributed by atoms with E-state index >= 15 is 0 Å². The number of benzene rings is 1. The summed E-state index contributed by atoms with van der Waals surface area (Å²) in [5.41, 5.74) is 0. The highest BCUT2D eigenvalue weighted by Crippen LogP contribution is 2.27. The molecule has 0 spiro atoms. The van der Waals surface area contributed by atoms with Crippen molar-refractivity contribution in [2.24, 2.45) is 0 Å². The van der Waals surface area contributed by atoms with Gasteiger partial charge in [-0.25, -0.2) is 8.42 Å². The highest BCUT2D eigenvalue weighted by atomic mass is 35.5.